The molecule has 2 bridgehead atoms. The number of methoxy groups -OCH3 is 1. The van der Waals surface area contributed by atoms with Gasteiger partial charge in [-0.25, -0.2) is 0 Å². The Morgan fingerprint density at radius 1 is 1.10 bits per heavy atom. The van der Waals surface area contributed by atoms with E-state index in [0.29, 0.717) is 42.6 Å². The molecule has 2 saturated heterocycles. The van der Waals surface area contributed by atoms with E-state index in [-0.39, 0.29) is 41.5 Å². The Bertz CT molecular complexity index is 1110. The first kappa shape index (κ1) is 20.1. The topological polar surface area (TPSA) is 71.8 Å². The number of likely N-dealkylation sites (tertiary alicyclic amines) is 1. The number of benzene rings is 1. The maximum absolute atomic E-state index is 13.3. The number of piperidine rings is 1. The second kappa shape index (κ2) is 7.71. The van der Waals surface area contributed by atoms with Gasteiger partial charge < -0.3 is 19.1 Å². The summed E-state index contributed by atoms with van der Waals surface area (Å²) < 4.78 is 7.04. The van der Waals surface area contributed by atoms with Crippen LogP contribution in [0.25, 0.3) is 0 Å². The van der Waals surface area contributed by atoms with Crippen molar-refractivity contribution in [2.75, 3.05) is 31.6 Å². The van der Waals surface area contributed by atoms with Crippen molar-refractivity contribution in [1.29, 1.82) is 0 Å². The lowest BCUT2D eigenvalue weighted by molar-refractivity contribution is -0.138. The normalized spacial score (nSPS) is 24.8. The van der Waals surface area contributed by atoms with Crippen molar-refractivity contribution in [2.45, 2.75) is 25.3 Å². The number of aromatic nitrogens is 1. The number of amides is 2. The van der Waals surface area contributed by atoms with E-state index < -0.39 is 0 Å². The summed E-state index contributed by atoms with van der Waals surface area (Å²) >= 11 is 6.22. The van der Waals surface area contributed by atoms with E-state index in [0.717, 1.165) is 12.1 Å². The zero-order valence-electron chi connectivity index (χ0n) is 17.3. The summed E-state index contributed by atoms with van der Waals surface area (Å²) in [6.07, 6.45) is 1.19. The third-order valence-electron chi connectivity index (χ3n) is 6.71. The van der Waals surface area contributed by atoms with Crippen LogP contribution in [0.15, 0.2) is 41.2 Å². The average molecular weight is 442 g/mol. The molecule has 162 valence electrons. The average Bonchev–Trinajstić information content (AvgIpc) is 3.15. The molecule has 0 saturated carbocycles. The van der Waals surface area contributed by atoms with Gasteiger partial charge in [-0.15, -0.1) is 0 Å². The SMILES string of the molecule is COc1ccc(N2C[C@@H](C(=O)N3C[C@@H]4C[C@@H](C3)c3cccc(=O)n3C4)CC2=O)cc1Cl. The number of carbonyl (C=O) groups excluding carboxylic acids is 2. The van der Waals surface area contributed by atoms with Gasteiger partial charge in [-0.1, -0.05) is 17.7 Å². The minimum Gasteiger partial charge on any atom is -0.495 e. The second-order valence-corrected chi connectivity index (χ2v) is 9.07. The molecule has 8 heteroatoms. The van der Waals surface area contributed by atoms with Crippen LogP contribution in [-0.2, 0) is 16.1 Å². The van der Waals surface area contributed by atoms with Gasteiger partial charge in [0.15, 0.2) is 0 Å². The number of hydrogen-bond acceptors (Lipinski definition) is 4. The fraction of sp³-hybridized carbons (Fsp3) is 0.435. The van der Waals surface area contributed by atoms with E-state index in [1.54, 1.807) is 42.3 Å². The lowest BCUT2D eigenvalue weighted by Crippen LogP contribution is -2.50. The predicted molar refractivity (Wildman–Crippen MR) is 117 cm³/mol. The molecule has 1 aromatic heterocycles. The van der Waals surface area contributed by atoms with Crippen molar-refractivity contribution in [3.63, 3.8) is 0 Å². The van der Waals surface area contributed by atoms with Gasteiger partial charge in [-0.05, 0) is 36.6 Å². The van der Waals surface area contributed by atoms with Crippen molar-refractivity contribution >= 4 is 29.1 Å². The third-order valence-corrected chi connectivity index (χ3v) is 7.01. The Morgan fingerprint density at radius 3 is 2.71 bits per heavy atom. The Balaban J connectivity index is 1.32. The van der Waals surface area contributed by atoms with E-state index in [1.807, 2.05) is 15.5 Å². The van der Waals surface area contributed by atoms with E-state index in [4.69, 9.17) is 16.3 Å². The quantitative estimate of drug-likeness (QED) is 0.733. The van der Waals surface area contributed by atoms with Gasteiger partial charge in [0.25, 0.3) is 5.56 Å². The Labute approximate surface area is 185 Å². The molecule has 4 heterocycles. The van der Waals surface area contributed by atoms with Crippen LogP contribution >= 0.6 is 11.6 Å². The van der Waals surface area contributed by atoms with Crippen LogP contribution in [0, 0.1) is 11.8 Å². The Morgan fingerprint density at radius 2 is 1.94 bits per heavy atom. The van der Waals surface area contributed by atoms with Crippen LogP contribution in [0.4, 0.5) is 5.69 Å². The minimum atomic E-state index is -0.370. The van der Waals surface area contributed by atoms with Gasteiger partial charge >= 0.3 is 0 Å². The summed E-state index contributed by atoms with van der Waals surface area (Å²) in [6, 6.07) is 10.6. The molecule has 31 heavy (non-hydrogen) atoms. The number of nitrogens with zero attached hydrogens (tertiary/aromatic N) is 3. The number of anilines is 1. The summed E-state index contributed by atoms with van der Waals surface area (Å²) in [6.45, 7) is 2.23. The van der Waals surface area contributed by atoms with Crippen molar-refractivity contribution < 1.29 is 14.3 Å². The lowest BCUT2D eigenvalue weighted by atomic mass is 9.82. The number of ether oxygens (including phenoxy) is 1. The Kier molecular flexibility index (Phi) is 5.01. The number of fused-ring (bicyclic) bond motifs is 4. The summed E-state index contributed by atoms with van der Waals surface area (Å²) in [7, 11) is 1.54. The highest BCUT2D eigenvalue weighted by atomic mass is 35.5. The number of hydrogen-bond donors (Lipinski definition) is 0. The molecule has 0 radical (unpaired) electrons. The van der Waals surface area contributed by atoms with Crippen molar-refractivity contribution in [2.24, 2.45) is 11.8 Å². The lowest BCUT2D eigenvalue weighted by Gasteiger charge is -2.43. The maximum atomic E-state index is 13.3. The minimum absolute atomic E-state index is 0.0249. The van der Waals surface area contributed by atoms with Crippen LogP contribution in [0.5, 0.6) is 5.75 Å². The van der Waals surface area contributed by atoms with Crippen LogP contribution in [-0.4, -0.2) is 48.0 Å². The summed E-state index contributed by atoms with van der Waals surface area (Å²) in [5.41, 5.74) is 1.72. The summed E-state index contributed by atoms with van der Waals surface area (Å²) in [5, 5.41) is 0.431. The molecule has 5 rings (SSSR count). The second-order valence-electron chi connectivity index (χ2n) is 8.67. The van der Waals surface area contributed by atoms with Crippen LogP contribution in [0.1, 0.15) is 24.5 Å². The highest BCUT2D eigenvalue weighted by Gasteiger charge is 2.41. The van der Waals surface area contributed by atoms with Gasteiger partial charge in [0.1, 0.15) is 5.75 Å². The highest BCUT2D eigenvalue weighted by molar-refractivity contribution is 6.32. The molecular formula is C23H24ClN3O4. The van der Waals surface area contributed by atoms with E-state index in [9.17, 15) is 14.4 Å². The van der Waals surface area contributed by atoms with Crippen molar-refractivity contribution in [3.05, 3.63) is 57.5 Å². The molecule has 7 nitrogen and oxygen atoms in total. The van der Waals surface area contributed by atoms with Crippen molar-refractivity contribution in [3.8, 4) is 5.75 Å². The predicted octanol–water partition coefficient (Wildman–Crippen LogP) is 2.51. The number of rotatable bonds is 3. The van der Waals surface area contributed by atoms with E-state index >= 15 is 0 Å². The Hall–Kier alpha value is -2.80. The molecule has 2 fully saturated rings. The van der Waals surface area contributed by atoms with Crippen LogP contribution < -0.4 is 15.2 Å². The zero-order valence-corrected chi connectivity index (χ0v) is 18.0. The fourth-order valence-corrected chi connectivity index (χ4v) is 5.53. The molecule has 3 aliphatic heterocycles. The molecule has 0 spiro atoms. The number of carbonyl (C=O) groups is 2. The first-order valence-electron chi connectivity index (χ1n) is 10.6. The molecule has 0 N–H and O–H groups in total. The zero-order chi connectivity index (χ0) is 21.7. The largest absolute Gasteiger partial charge is 0.495 e. The van der Waals surface area contributed by atoms with Crippen molar-refractivity contribution in [1.82, 2.24) is 9.47 Å². The van der Waals surface area contributed by atoms with Gasteiger partial charge in [-0.3, -0.25) is 14.4 Å². The van der Waals surface area contributed by atoms with Gasteiger partial charge in [0.2, 0.25) is 11.8 Å². The summed E-state index contributed by atoms with van der Waals surface area (Å²) in [4.78, 5) is 41.8. The maximum Gasteiger partial charge on any atom is 0.250 e. The molecule has 3 aliphatic rings. The third kappa shape index (κ3) is 3.51. The van der Waals surface area contributed by atoms with E-state index in [2.05, 4.69) is 0 Å². The molecule has 2 amide bonds. The van der Waals surface area contributed by atoms with Crippen LogP contribution in [0.3, 0.4) is 0 Å². The smallest absolute Gasteiger partial charge is 0.250 e. The molecule has 0 unspecified atom stereocenters. The number of halogens is 1. The molecular weight excluding hydrogens is 418 g/mol. The van der Waals surface area contributed by atoms with Gasteiger partial charge in [-0.2, -0.15) is 0 Å². The van der Waals surface area contributed by atoms with Gasteiger partial charge in [0, 0.05) is 56.0 Å². The fourth-order valence-electron chi connectivity index (χ4n) is 5.28. The monoisotopic (exact) mass is 441 g/mol. The molecule has 3 atom stereocenters. The number of pyridine rings is 1. The van der Waals surface area contributed by atoms with Crippen LogP contribution in [0.2, 0.25) is 5.02 Å². The van der Waals surface area contributed by atoms with E-state index in [1.165, 1.54) is 0 Å². The molecule has 1 aromatic carbocycles. The first-order chi connectivity index (χ1) is 14.9. The molecule has 0 aliphatic carbocycles. The standard InChI is InChI=1S/C23H24ClN3O4/c1-31-20-6-5-17(9-18(20)24)26-13-16(8-22(26)29)23(30)25-10-14-7-15(12-25)19-3-2-4-21(28)27(19)11-14/h2-6,9,14-16H,7-8,10-13H2,1H3/t14-,15-,16-/m0/s1. The summed E-state index contributed by atoms with van der Waals surface area (Å²) in [5.74, 6) is 0.558. The highest BCUT2D eigenvalue weighted by Crippen LogP contribution is 2.37. The van der Waals surface area contributed by atoms with Gasteiger partial charge in [0.05, 0.1) is 18.1 Å². The molecule has 2 aromatic rings. The first-order valence-corrected chi connectivity index (χ1v) is 10.9.